The van der Waals surface area contributed by atoms with E-state index in [1.165, 1.54) is 12.1 Å². The highest BCUT2D eigenvalue weighted by atomic mass is 16.6. The van der Waals surface area contributed by atoms with E-state index in [-0.39, 0.29) is 11.4 Å². The lowest BCUT2D eigenvalue weighted by molar-refractivity contribution is -0.393. The van der Waals surface area contributed by atoms with Gasteiger partial charge in [-0.25, -0.2) is 0 Å². The second kappa shape index (κ2) is 10.1. The van der Waals surface area contributed by atoms with Crippen LogP contribution in [-0.4, -0.2) is 31.1 Å². The summed E-state index contributed by atoms with van der Waals surface area (Å²) >= 11 is 0. The summed E-state index contributed by atoms with van der Waals surface area (Å²) in [6.45, 7) is 0. The molecule has 3 rings (SSSR count). The van der Waals surface area contributed by atoms with Gasteiger partial charge in [0.1, 0.15) is 11.4 Å². The molecule has 1 fully saturated rings. The lowest BCUT2D eigenvalue weighted by atomic mass is 9.96. The summed E-state index contributed by atoms with van der Waals surface area (Å²) in [5.74, 6) is 0. The van der Waals surface area contributed by atoms with Gasteiger partial charge in [0.25, 0.3) is 11.4 Å². The molecular formula is C18H16N8O8. The van der Waals surface area contributed by atoms with Crippen molar-refractivity contribution in [1.82, 2.24) is 0 Å². The van der Waals surface area contributed by atoms with Gasteiger partial charge in [-0.15, -0.1) is 0 Å². The molecule has 0 spiro atoms. The summed E-state index contributed by atoms with van der Waals surface area (Å²) < 4.78 is 0. The van der Waals surface area contributed by atoms with Crippen LogP contribution < -0.4 is 10.9 Å². The van der Waals surface area contributed by atoms with E-state index in [2.05, 4.69) is 21.1 Å². The van der Waals surface area contributed by atoms with Gasteiger partial charge in [0, 0.05) is 12.1 Å². The minimum atomic E-state index is -0.777. The minimum Gasteiger partial charge on any atom is -0.271 e. The first-order valence-corrected chi connectivity index (χ1v) is 9.68. The summed E-state index contributed by atoms with van der Waals surface area (Å²) in [6.07, 6.45) is 2.41. The zero-order valence-electron chi connectivity index (χ0n) is 17.2. The molecule has 1 aliphatic carbocycles. The molecule has 16 heteroatoms. The van der Waals surface area contributed by atoms with Crippen molar-refractivity contribution in [3.8, 4) is 0 Å². The number of hydrogen-bond donors (Lipinski definition) is 2. The van der Waals surface area contributed by atoms with E-state index in [1.54, 1.807) is 0 Å². The topological polar surface area (TPSA) is 221 Å². The number of nitro benzene ring substituents is 4. The van der Waals surface area contributed by atoms with Crippen LogP contribution in [0, 0.1) is 40.5 Å². The standard InChI is InChI=1S/C18H16N8O8/c27-23(28)11-5-7-15(17(9-11)25(31)32)21-19-13-3-1-2-4-14(13)20-22-16-8-6-12(24(29)30)10-18(16)26(33)34/h5-10,21-22H,1-4H2/b19-13+,20-14+. The maximum Gasteiger partial charge on any atom is 0.301 e. The van der Waals surface area contributed by atoms with Crippen molar-refractivity contribution in [3.63, 3.8) is 0 Å². The van der Waals surface area contributed by atoms with E-state index in [0.29, 0.717) is 24.3 Å². The number of hydrazone groups is 2. The first-order chi connectivity index (χ1) is 16.2. The van der Waals surface area contributed by atoms with Crippen LogP contribution in [0.15, 0.2) is 46.6 Å². The van der Waals surface area contributed by atoms with Crippen LogP contribution in [0.1, 0.15) is 25.7 Å². The van der Waals surface area contributed by atoms with Crippen LogP contribution in [0.4, 0.5) is 34.1 Å². The number of nitrogens with one attached hydrogen (secondary N) is 2. The lowest BCUT2D eigenvalue weighted by Gasteiger charge is -2.16. The Bertz CT molecular complexity index is 1150. The van der Waals surface area contributed by atoms with Gasteiger partial charge in [0.15, 0.2) is 0 Å². The van der Waals surface area contributed by atoms with E-state index in [1.807, 2.05) is 0 Å². The Kier molecular flexibility index (Phi) is 7.00. The summed E-state index contributed by atoms with van der Waals surface area (Å²) in [7, 11) is 0. The Hall–Kier alpha value is -5.02. The molecular weight excluding hydrogens is 456 g/mol. The third kappa shape index (κ3) is 5.42. The highest BCUT2D eigenvalue weighted by molar-refractivity contribution is 6.43. The van der Waals surface area contributed by atoms with Crippen LogP contribution in [0.25, 0.3) is 0 Å². The smallest absolute Gasteiger partial charge is 0.271 e. The van der Waals surface area contributed by atoms with Gasteiger partial charge in [-0.3, -0.25) is 51.3 Å². The lowest BCUT2D eigenvalue weighted by Crippen LogP contribution is -2.22. The van der Waals surface area contributed by atoms with Gasteiger partial charge in [0.05, 0.1) is 43.2 Å². The van der Waals surface area contributed by atoms with Crippen LogP contribution >= 0.6 is 0 Å². The Balaban J connectivity index is 1.87. The van der Waals surface area contributed by atoms with Crippen molar-refractivity contribution in [2.45, 2.75) is 25.7 Å². The van der Waals surface area contributed by atoms with Crippen molar-refractivity contribution >= 4 is 45.5 Å². The highest BCUT2D eigenvalue weighted by Gasteiger charge is 2.22. The fourth-order valence-electron chi connectivity index (χ4n) is 3.13. The first-order valence-electron chi connectivity index (χ1n) is 9.68. The maximum atomic E-state index is 11.3. The molecule has 0 amide bonds. The normalized spacial score (nSPS) is 15.6. The number of hydrogen-bond acceptors (Lipinski definition) is 12. The highest BCUT2D eigenvalue weighted by Crippen LogP contribution is 2.30. The molecule has 0 aromatic heterocycles. The fourth-order valence-corrected chi connectivity index (χ4v) is 3.13. The van der Waals surface area contributed by atoms with Gasteiger partial charge in [-0.2, -0.15) is 10.2 Å². The fraction of sp³-hybridized carbons (Fsp3) is 0.222. The molecule has 1 saturated carbocycles. The Morgan fingerprint density at radius 1 is 0.618 bits per heavy atom. The molecule has 1 aliphatic rings. The molecule has 34 heavy (non-hydrogen) atoms. The Morgan fingerprint density at radius 3 is 1.32 bits per heavy atom. The van der Waals surface area contributed by atoms with E-state index in [4.69, 9.17) is 0 Å². The molecule has 176 valence electrons. The van der Waals surface area contributed by atoms with Crippen LogP contribution in [0.2, 0.25) is 0 Å². The number of nitro groups is 4. The molecule has 2 aromatic carbocycles. The number of rotatable bonds is 8. The van der Waals surface area contributed by atoms with Crippen molar-refractivity contribution in [2.24, 2.45) is 10.2 Å². The molecule has 0 radical (unpaired) electrons. The van der Waals surface area contributed by atoms with Crippen molar-refractivity contribution in [1.29, 1.82) is 0 Å². The second-order valence-corrected chi connectivity index (χ2v) is 6.98. The molecule has 0 unspecified atom stereocenters. The van der Waals surface area contributed by atoms with Crippen molar-refractivity contribution in [2.75, 3.05) is 10.9 Å². The first kappa shape index (κ1) is 23.6. The van der Waals surface area contributed by atoms with E-state index in [9.17, 15) is 40.5 Å². The monoisotopic (exact) mass is 472 g/mol. The van der Waals surface area contributed by atoms with E-state index >= 15 is 0 Å². The summed E-state index contributed by atoms with van der Waals surface area (Å²) in [4.78, 5) is 41.3. The summed E-state index contributed by atoms with van der Waals surface area (Å²) in [5.41, 5.74) is 3.85. The summed E-state index contributed by atoms with van der Waals surface area (Å²) in [6, 6.07) is 6.15. The Labute approximate surface area is 189 Å². The van der Waals surface area contributed by atoms with Gasteiger partial charge < -0.3 is 0 Å². The summed E-state index contributed by atoms with van der Waals surface area (Å²) in [5, 5.41) is 52.6. The molecule has 0 heterocycles. The van der Waals surface area contributed by atoms with Gasteiger partial charge in [0.2, 0.25) is 0 Å². The molecule has 2 aromatic rings. The maximum absolute atomic E-state index is 11.3. The number of anilines is 2. The quantitative estimate of drug-likeness (QED) is 0.412. The SMILES string of the molecule is O=[N+]([O-])c1ccc(N/N=C2\CCCC\C2=N/Nc2ccc([N+](=O)[O-])cc2[N+](=O)[O-])c([N+](=O)[O-])c1. The van der Waals surface area contributed by atoms with Gasteiger partial charge >= 0.3 is 11.4 Å². The number of benzene rings is 2. The van der Waals surface area contributed by atoms with Gasteiger partial charge in [-0.1, -0.05) is 0 Å². The average Bonchev–Trinajstić information content (AvgIpc) is 2.81. The molecule has 2 N–H and O–H groups in total. The molecule has 0 saturated heterocycles. The van der Waals surface area contributed by atoms with Crippen molar-refractivity contribution < 1.29 is 19.7 Å². The van der Waals surface area contributed by atoms with E-state index in [0.717, 1.165) is 37.1 Å². The third-order valence-electron chi connectivity index (χ3n) is 4.81. The van der Waals surface area contributed by atoms with E-state index < -0.39 is 42.4 Å². The van der Waals surface area contributed by atoms with Gasteiger partial charge in [-0.05, 0) is 37.8 Å². The number of nitrogens with zero attached hydrogens (tertiary/aromatic N) is 6. The predicted molar refractivity (Wildman–Crippen MR) is 120 cm³/mol. The molecule has 0 bridgehead atoms. The van der Waals surface area contributed by atoms with Crippen molar-refractivity contribution in [3.05, 3.63) is 76.9 Å². The van der Waals surface area contributed by atoms with Crippen LogP contribution in [-0.2, 0) is 0 Å². The zero-order chi connectivity index (χ0) is 24.8. The number of non-ortho nitro benzene ring substituents is 2. The minimum absolute atomic E-state index is 0.0630. The third-order valence-corrected chi connectivity index (χ3v) is 4.81. The zero-order valence-corrected chi connectivity index (χ0v) is 17.2. The molecule has 16 nitrogen and oxygen atoms in total. The predicted octanol–water partition coefficient (Wildman–Crippen LogP) is 4.13. The average molecular weight is 472 g/mol. The van der Waals surface area contributed by atoms with Crippen LogP contribution in [0.3, 0.4) is 0 Å². The largest absolute Gasteiger partial charge is 0.301 e. The van der Waals surface area contributed by atoms with Crippen LogP contribution in [0.5, 0.6) is 0 Å². The molecule has 0 aliphatic heterocycles. The Morgan fingerprint density at radius 2 is 1.00 bits per heavy atom. The molecule has 0 atom stereocenters. The second-order valence-electron chi connectivity index (χ2n) is 6.98.